The van der Waals surface area contributed by atoms with Crippen molar-refractivity contribution in [3.63, 3.8) is 0 Å². The number of hydrogen-bond acceptors (Lipinski definition) is 4. The summed E-state index contributed by atoms with van der Waals surface area (Å²) in [6, 6.07) is 1.46. The Kier molecular flexibility index (Phi) is 3.35. The highest BCUT2D eigenvalue weighted by molar-refractivity contribution is 7.80. The van der Waals surface area contributed by atoms with Crippen molar-refractivity contribution in [2.45, 2.75) is 4.90 Å². The lowest BCUT2D eigenvalue weighted by Gasteiger charge is -1.98. The third kappa shape index (κ3) is 2.24. The van der Waals surface area contributed by atoms with Crippen molar-refractivity contribution < 1.29 is 8.76 Å². The first-order valence-electron chi connectivity index (χ1n) is 3.34. The van der Waals surface area contributed by atoms with E-state index in [1.165, 1.54) is 23.8 Å². The number of thiocarbonyl (C=S) groups is 1. The predicted molar refractivity (Wildman–Crippen MR) is 53.8 cm³/mol. The lowest BCUT2D eigenvalue weighted by molar-refractivity contribution is 0.537. The van der Waals surface area contributed by atoms with Crippen LogP contribution in [0.15, 0.2) is 23.4 Å². The number of rotatable bonds is 3. The summed E-state index contributed by atoms with van der Waals surface area (Å²) >= 11 is 2.46. The number of aromatic amines is 1. The van der Waals surface area contributed by atoms with E-state index >= 15 is 0 Å². The Morgan fingerprint density at radius 1 is 1.77 bits per heavy atom. The zero-order valence-corrected chi connectivity index (χ0v) is 8.15. The van der Waals surface area contributed by atoms with E-state index in [4.69, 9.17) is 5.73 Å². The van der Waals surface area contributed by atoms with Gasteiger partial charge in [0.15, 0.2) is 0 Å². The number of aromatic nitrogens is 1. The standard InChI is InChI=1S/C7H8N2O2S2/c8-2-5(4-12)7-1-6(3-9-7)13(10)11/h1-4,9H,8H2,(H,10,11)/p-1. The molecule has 1 aromatic rings. The van der Waals surface area contributed by atoms with Crippen LogP contribution in [-0.2, 0) is 11.1 Å². The van der Waals surface area contributed by atoms with Gasteiger partial charge in [-0.15, -0.1) is 0 Å². The SMILES string of the molecule is NC=C(C=S)c1cc(S(=O)[O-])c[nH]1. The molecule has 0 fully saturated rings. The van der Waals surface area contributed by atoms with Gasteiger partial charge in [0, 0.05) is 33.9 Å². The minimum Gasteiger partial charge on any atom is -0.768 e. The number of H-pyrrole nitrogens is 1. The Morgan fingerprint density at radius 3 is 2.85 bits per heavy atom. The minimum absolute atomic E-state index is 0.186. The van der Waals surface area contributed by atoms with Crippen molar-refractivity contribution in [2.75, 3.05) is 0 Å². The molecule has 0 aliphatic heterocycles. The number of nitrogens with two attached hydrogens (primary N) is 1. The largest absolute Gasteiger partial charge is 0.768 e. The van der Waals surface area contributed by atoms with Crippen LogP contribution < -0.4 is 5.73 Å². The maximum Gasteiger partial charge on any atom is 0.0489 e. The fourth-order valence-electron chi connectivity index (χ4n) is 0.830. The molecule has 1 heterocycles. The molecule has 0 aromatic carbocycles. The topological polar surface area (TPSA) is 81.9 Å². The van der Waals surface area contributed by atoms with Crippen LogP contribution in [0.1, 0.15) is 5.69 Å². The maximum absolute atomic E-state index is 10.5. The highest BCUT2D eigenvalue weighted by Crippen LogP contribution is 2.13. The lowest BCUT2D eigenvalue weighted by atomic mass is 10.2. The first kappa shape index (κ1) is 10.1. The molecular formula is C7H7N2O2S2-. The monoisotopic (exact) mass is 215 g/mol. The van der Waals surface area contributed by atoms with Gasteiger partial charge in [0.1, 0.15) is 0 Å². The van der Waals surface area contributed by atoms with Gasteiger partial charge in [0.2, 0.25) is 0 Å². The molecule has 0 radical (unpaired) electrons. The highest BCUT2D eigenvalue weighted by Gasteiger charge is 2.01. The van der Waals surface area contributed by atoms with Crippen molar-refractivity contribution in [1.82, 2.24) is 4.98 Å². The summed E-state index contributed by atoms with van der Waals surface area (Å²) in [7, 11) is 0. The van der Waals surface area contributed by atoms with E-state index in [2.05, 4.69) is 17.2 Å². The molecule has 0 aliphatic carbocycles. The van der Waals surface area contributed by atoms with Crippen LogP contribution in [0.5, 0.6) is 0 Å². The summed E-state index contributed by atoms with van der Waals surface area (Å²) < 4.78 is 21.0. The third-order valence-electron chi connectivity index (χ3n) is 1.47. The van der Waals surface area contributed by atoms with Gasteiger partial charge in [-0.25, -0.2) is 0 Å². The van der Waals surface area contributed by atoms with Gasteiger partial charge in [-0.2, -0.15) is 0 Å². The smallest absolute Gasteiger partial charge is 0.0489 e. The van der Waals surface area contributed by atoms with Crippen LogP contribution in [0, 0.1) is 0 Å². The molecule has 3 N–H and O–H groups in total. The highest BCUT2D eigenvalue weighted by atomic mass is 32.2. The fraction of sp³-hybridized carbons (Fsp3) is 0. The first-order valence-corrected chi connectivity index (χ1v) is 4.88. The van der Waals surface area contributed by atoms with Crippen molar-refractivity contribution in [3.05, 3.63) is 24.2 Å². The average Bonchev–Trinajstić information content (AvgIpc) is 2.56. The Labute approximate surface area is 83.1 Å². The van der Waals surface area contributed by atoms with E-state index in [1.807, 2.05) is 0 Å². The van der Waals surface area contributed by atoms with Crippen molar-refractivity contribution in [3.8, 4) is 0 Å². The number of allylic oxidation sites excluding steroid dienone is 1. The Bertz CT molecular complexity index is 370. The molecule has 1 unspecified atom stereocenters. The van der Waals surface area contributed by atoms with Gasteiger partial charge in [0.05, 0.1) is 0 Å². The van der Waals surface area contributed by atoms with Gasteiger partial charge >= 0.3 is 0 Å². The zero-order chi connectivity index (χ0) is 9.84. The van der Waals surface area contributed by atoms with E-state index in [1.54, 1.807) is 0 Å². The van der Waals surface area contributed by atoms with Crippen LogP contribution in [0.25, 0.3) is 5.57 Å². The van der Waals surface area contributed by atoms with Crippen molar-refractivity contribution in [1.29, 1.82) is 0 Å². The summed E-state index contributed by atoms with van der Waals surface area (Å²) in [5, 5.41) is 1.38. The Hall–Kier alpha value is -0.980. The molecule has 1 rings (SSSR count). The predicted octanol–water partition coefficient (Wildman–Crippen LogP) is 0.552. The molecule has 1 atom stereocenters. The van der Waals surface area contributed by atoms with Gasteiger partial charge in [0.25, 0.3) is 0 Å². The quantitative estimate of drug-likeness (QED) is 0.438. The van der Waals surface area contributed by atoms with Crippen molar-refractivity contribution in [2.24, 2.45) is 5.73 Å². The first-order chi connectivity index (χ1) is 6.19. The molecule has 6 heteroatoms. The molecule has 0 saturated heterocycles. The van der Waals surface area contributed by atoms with Gasteiger partial charge in [-0.3, -0.25) is 4.21 Å². The summed E-state index contributed by atoms with van der Waals surface area (Å²) in [5.74, 6) is 0. The Morgan fingerprint density at radius 2 is 2.46 bits per heavy atom. The lowest BCUT2D eigenvalue weighted by Crippen LogP contribution is -1.89. The van der Waals surface area contributed by atoms with Gasteiger partial charge in [-0.1, -0.05) is 12.2 Å². The second-order valence-electron chi connectivity index (χ2n) is 2.22. The van der Waals surface area contributed by atoms with Crippen LogP contribution in [0.4, 0.5) is 0 Å². The fourth-order valence-corrected chi connectivity index (χ4v) is 1.40. The molecule has 0 spiro atoms. The molecule has 0 amide bonds. The van der Waals surface area contributed by atoms with E-state index < -0.39 is 11.1 Å². The normalized spacial score (nSPS) is 14.1. The number of hydrogen-bond donors (Lipinski definition) is 2. The second kappa shape index (κ2) is 4.31. The van der Waals surface area contributed by atoms with E-state index in [0.717, 1.165) is 0 Å². The maximum atomic E-state index is 10.5. The van der Waals surface area contributed by atoms with Gasteiger partial charge in [-0.05, 0) is 17.1 Å². The molecule has 4 nitrogen and oxygen atoms in total. The minimum atomic E-state index is -2.23. The van der Waals surface area contributed by atoms with Crippen LogP contribution >= 0.6 is 12.2 Å². The van der Waals surface area contributed by atoms with Crippen molar-refractivity contribution >= 4 is 34.2 Å². The van der Waals surface area contributed by atoms with Crippen LogP contribution in [0.3, 0.4) is 0 Å². The molecule has 1 aromatic heterocycles. The second-order valence-corrected chi connectivity index (χ2v) is 3.40. The number of nitrogens with one attached hydrogen (secondary N) is 1. The summed E-state index contributed by atoms with van der Waals surface area (Å²) in [4.78, 5) is 2.94. The average molecular weight is 215 g/mol. The molecule has 13 heavy (non-hydrogen) atoms. The third-order valence-corrected chi connectivity index (χ3v) is 2.34. The van der Waals surface area contributed by atoms with E-state index in [0.29, 0.717) is 11.3 Å². The summed E-state index contributed by atoms with van der Waals surface area (Å²) in [5.41, 5.74) is 6.45. The molecule has 0 aliphatic rings. The van der Waals surface area contributed by atoms with Gasteiger partial charge < -0.3 is 15.3 Å². The molecular weight excluding hydrogens is 208 g/mol. The molecule has 0 saturated carbocycles. The summed E-state index contributed by atoms with van der Waals surface area (Å²) in [6.07, 6.45) is 2.69. The zero-order valence-electron chi connectivity index (χ0n) is 6.52. The van der Waals surface area contributed by atoms with Crippen LogP contribution in [-0.4, -0.2) is 19.1 Å². The van der Waals surface area contributed by atoms with E-state index in [-0.39, 0.29) is 4.90 Å². The van der Waals surface area contributed by atoms with Crippen LogP contribution in [0.2, 0.25) is 0 Å². The Balaban J connectivity index is 3.04. The van der Waals surface area contributed by atoms with E-state index in [9.17, 15) is 8.76 Å². The molecule has 0 bridgehead atoms. The summed E-state index contributed by atoms with van der Waals surface area (Å²) in [6.45, 7) is 0. The molecule has 70 valence electrons.